The Labute approximate surface area is 151 Å². The molecular formula is C19H21NO4S. The smallest absolute Gasteiger partial charge is 0.344 e. The van der Waals surface area contributed by atoms with Crippen LogP contribution in [0.3, 0.4) is 0 Å². The lowest BCUT2D eigenvalue weighted by Crippen LogP contribution is -2.38. The molecule has 1 amide bonds. The molecule has 5 nitrogen and oxygen atoms in total. The second-order valence-corrected chi connectivity index (χ2v) is 6.85. The fourth-order valence-electron chi connectivity index (χ4n) is 2.81. The molecule has 1 aromatic heterocycles. The summed E-state index contributed by atoms with van der Waals surface area (Å²) in [6.07, 6.45) is 1.69. The number of hydrogen-bond donors (Lipinski definition) is 0. The van der Waals surface area contributed by atoms with Crippen molar-refractivity contribution < 1.29 is 19.1 Å². The molecule has 0 bridgehead atoms. The first-order valence-electron chi connectivity index (χ1n) is 8.36. The summed E-state index contributed by atoms with van der Waals surface area (Å²) in [4.78, 5) is 27.1. The van der Waals surface area contributed by atoms with Crippen molar-refractivity contribution in [3.8, 4) is 5.75 Å². The monoisotopic (exact) mass is 359 g/mol. The number of carbonyl (C=O) groups excluding carboxylic acids is 2. The molecule has 1 aromatic carbocycles. The number of esters is 1. The van der Waals surface area contributed by atoms with Crippen LogP contribution >= 0.6 is 11.3 Å². The molecule has 1 aliphatic rings. The number of nitrogens with zero attached hydrogens (tertiary/aromatic N) is 1. The minimum atomic E-state index is -0.535. The first-order valence-corrected chi connectivity index (χ1v) is 9.24. The van der Waals surface area contributed by atoms with Gasteiger partial charge in [0.2, 0.25) is 0 Å². The number of para-hydroxylation sites is 1. The Hall–Kier alpha value is -2.34. The zero-order chi connectivity index (χ0) is 17.6. The minimum absolute atomic E-state index is 0.167. The third-order valence-corrected chi connectivity index (χ3v) is 5.24. The predicted molar refractivity (Wildman–Crippen MR) is 95.7 cm³/mol. The molecule has 0 saturated carbocycles. The molecular weight excluding hydrogens is 338 g/mol. The third kappa shape index (κ3) is 4.39. The second kappa shape index (κ2) is 8.16. The standard InChI is InChI=1S/C19H21NO4S/c1-2-14-5-3-4-6-16(14)23-13-19(22)24-12-18(21)20-9-7-17-15(11-20)8-10-25-17/h3-6,8,10H,2,7,9,11-13H2,1H3. The van der Waals surface area contributed by atoms with Gasteiger partial charge >= 0.3 is 5.97 Å². The predicted octanol–water partition coefficient (Wildman–Crippen LogP) is 2.82. The summed E-state index contributed by atoms with van der Waals surface area (Å²) < 4.78 is 10.6. The number of hydrogen-bond acceptors (Lipinski definition) is 5. The molecule has 0 atom stereocenters. The Kier molecular flexibility index (Phi) is 5.71. The molecule has 1 aliphatic heterocycles. The van der Waals surface area contributed by atoms with Crippen LogP contribution in [0.15, 0.2) is 35.7 Å². The van der Waals surface area contributed by atoms with Crippen LogP contribution in [0.25, 0.3) is 0 Å². The Morgan fingerprint density at radius 3 is 2.88 bits per heavy atom. The van der Waals surface area contributed by atoms with Crippen molar-refractivity contribution in [1.82, 2.24) is 4.90 Å². The van der Waals surface area contributed by atoms with Gasteiger partial charge in [-0.1, -0.05) is 25.1 Å². The number of aryl methyl sites for hydroxylation is 1. The van der Waals surface area contributed by atoms with E-state index >= 15 is 0 Å². The summed E-state index contributed by atoms with van der Waals surface area (Å²) in [7, 11) is 0. The van der Waals surface area contributed by atoms with Gasteiger partial charge in [0.25, 0.3) is 5.91 Å². The highest BCUT2D eigenvalue weighted by Gasteiger charge is 2.22. The number of carbonyl (C=O) groups is 2. The van der Waals surface area contributed by atoms with E-state index in [1.165, 1.54) is 10.4 Å². The molecule has 6 heteroatoms. The maximum atomic E-state index is 12.2. The summed E-state index contributed by atoms with van der Waals surface area (Å²) >= 11 is 1.72. The van der Waals surface area contributed by atoms with Crippen LogP contribution < -0.4 is 4.74 Å². The number of rotatable bonds is 6. The Morgan fingerprint density at radius 2 is 2.04 bits per heavy atom. The molecule has 0 fully saturated rings. The molecule has 2 aromatic rings. The topological polar surface area (TPSA) is 55.8 Å². The van der Waals surface area contributed by atoms with Crippen LogP contribution in [0.1, 0.15) is 22.9 Å². The number of benzene rings is 1. The molecule has 2 heterocycles. The number of ether oxygens (including phenoxy) is 2. The first kappa shape index (κ1) is 17.5. The van der Waals surface area contributed by atoms with Gasteiger partial charge in [-0.3, -0.25) is 4.79 Å². The van der Waals surface area contributed by atoms with Gasteiger partial charge in [-0.05, 0) is 41.5 Å². The third-order valence-electron chi connectivity index (χ3n) is 4.22. The highest BCUT2D eigenvalue weighted by molar-refractivity contribution is 7.10. The van der Waals surface area contributed by atoms with E-state index in [2.05, 4.69) is 0 Å². The number of thiophene rings is 1. The fourth-order valence-corrected chi connectivity index (χ4v) is 3.70. The van der Waals surface area contributed by atoms with Crippen molar-refractivity contribution in [2.45, 2.75) is 26.3 Å². The van der Waals surface area contributed by atoms with Crippen molar-refractivity contribution in [2.75, 3.05) is 19.8 Å². The molecule has 0 unspecified atom stereocenters. The lowest BCUT2D eigenvalue weighted by Gasteiger charge is -2.26. The molecule has 0 N–H and O–H groups in total. The van der Waals surface area contributed by atoms with E-state index in [0.717, 1.165) is 18.4 Å². The van der Waals surface area contributed by atoms with Crippen molar-refractivity contribution >= 4 is 23.2 Å². The van der Waals surface area contributed by atoms with Gasteiger partial charge in [-0.15, -0.1) is 11.3 Å². The van der Waals surface area contributed by atoms with E-state index in [-0.39, 0.29) is 19.1 Å². The highest BCUT2D eigenvalue weighted by Crippen LogP contribution is 2.24. The summed E-state index contributed by atoms with van der Waals surface area (Å²) in [5.74, 6) is -0.0269. The van der Waals surface area contributed by atoms with Crippen LogP contribution in [0.4, 0.5) is 0 Å². The van der Waals surface area contributed by atoms with E-state index in [0.29, 0.717) is 18.8 Å². The van der Waals surface area contributed by atoms with Gasteiger partial charge in [0.05, 0.1) is 0 Å². The zero-order valence-electron chi connectivity index (χ0n) is 14.2. The van der Waals surface area contributed by atoms with Crippen LogP contribution in [0.5, 0.6) is 5.75 Å². The quantitative estimate of drug-likeness (QED) is 0.744. The van der Waals surface area contributed by atoms with Gasteiger partial charge in [-0.25, -0.2) is 4.79 Å². The van der Waals surface area contributed by atoms with Crippen LogP contribution in [0.2, 0.25) is 0 Å². The van der Waals surface area contributed by atoms with Crippen molar-refractivity contribution in [3.05, 3.63) is 51.7 Å². The maximum absolute atomic E-state index is 12.2. The summed E-state index contributed by atoms with van der Waals surface area (Å²) in [5, 5.41) is 2.05. The largest absolute Gasteiger partial charge is 0.482 e. The summed E-state index contributed by atoms with van der Waals surface area (Å²) in [6.45, 7) is 2.85. The SMILES string of the molecule is CCc1ccccc1OCC(=O)OCC(=O)N1CCc2sccc2C1. The Balaban J connectivity index is 1.44. The molecule has 0 aliphatic carbocycles. The van der Waals surface area contributed by atoms with E-state index in [9.17, 15) is 9.59 Å². The van der Waals surface area contributed by atoms with E-state index in [1.54, 1.807) is 16.2 Å². The molecule has 0 saturated heterocycles. The molecule has 3 rings (SSSR count). The first-order chi connectivity index (χ1) is 12.2. The average Bonchev–Trinajstić information content (AvgIpc) is 3.12. The van der Waals surface area contributed by atoms with Gasteiger partial charge in [0.1, 0.15) is 5.75 Å². The lowest BCUT2D eigenvalue weighted by molar-refractivity contribution is -0.154. The van der Waals surface area contributed by atoms with Crippen molar-refractivity contribution in [2.24, 2.45) is 0 Å². The minimum Gasteiger partial charge on any atom is -0.482 e. The zero-order valence-corrected chi connectivity index (χ0v) is 15.0. The van der Waals surface area contributed by atoms with Crippen LogP contribution in [-0.4, -0.2) is 36.5 Å². The molecule has 0 spiro atoms. The van der Waals surface area contributed by atoms with Gasteiger partial charge in [-0.2, -0.15) is 0 Å². The molecule has 132 valence electrons. The van der Waals surface area contributed by atoms with E-state index in [4.69, 9.17) is 9.47 Å². The Bertz CT molecular complexity index is 755. The summed E-state index contributed by atoms with van der Waals surface area (Å²) in [6, 6.07) is 9.62. The van der Waals surface area contributed by atoms with Gasteiger partial charge < -0.3 is 14.4 Å². The van der Waals surface area contributed by atoms with E-state index < -0.39 is 5.97 Å². The molecule has 25 heavy (non-hydrogen) atoms. The van der Waals surface area contributed by atoms with Crippen molar-refractivity contribution in [1.29, 1.82) is 0 Å². The summed E-state index contributed by atoms with van der Waals surface area (Å²) in [5.41, 5.74) is 2.22. The number of amides is 1. The highest BCUT2D eigenvalue weighted by atomic mass is 32.1. The second-order valence-electron chi connectivity index (χ2n) is 5.84. The average molecular weight is 359 g/mol. The number of fused-ring (bicyclic) bond motifs is 1. The normalized spacial score (nSPS) is 13.2. The van der Waals surface area contributed by atoms with Gasteiger partial charge in [0.15, 0.2) is 13.2 Å². The van der Waals surface area contributed by atoms with Gasteiger partial charge in [0, 0.05) is 18.0 Å². The van der Waals surface area contributed by atoms with Crippen LogP contribution in [0, 0.1) is 0 Å². The fraction of sp³-hybridized carbons (Fsp3) is 0.368. The maximum Gasteiger partial charge on any atom is 0.344 e. The van der Waals surface area contributed by atoms with Crippen LogP contribution in [-0.2, 0) is 33.7 Å². The lowest BCUT2D eigenvalue weighted by atomic mass is 10.1. The Morgan fingerprint density at radius 1 is 1.20 bits per heavy atom. The van der Waals surface area contributed by atoms with E-state index in [1.807, 2.05) is 42.6 Å². The van der Waals surface area contributed by atoms with Crippen molar-refractivity contribution in [3.63, 3.8) is 0 Å². The molecule has 0 radical (unpaired) electrons.